The van der Waals surface area contributed by atoms with Gasteiger partial charge in [-0.15, -0.1) is 0 Å². The smallest absolute Gasteiger partial charge is 0.128 e. The molecule has 2 rings (SSSR count). The highest BCUT2D eigenvalue weighted by Crippen LogP contribution is 2.08. The van der Waals surface area contributed by atoms with E-state index in [-0.39, 0.29) is 6.04 Å². The Morgan fingerprint density at radius 1 is 1.33 bits per heavy atom. The molecule has 0 aliphatic carbocycles. The first kappa shape index (κ1) is 10.6. The predicted octanol–water partition coefficient (Wildman–Crippen LogP) is 1.48. The molecular weight excluding hydrogens is 191 g/mol. The van der Waals surface area contributed by atoms with Crippen LogP contribution in [0.4, 0.5) is 4.39 Å². The Hall–Kier alpha value is -0.930. The predicted molar refractivity (Wildman–Crippen MR) is 59.5 cm³/mol. The van der Waals surface area contributed by atoms with Gasteiger partial charge in [-0.05, 0) is 18.5 Å². The van der Waals surface area contributed by atoms with Gasteiger partial charge in [0.25, 0.3) is 0 Å². The van der Waals surface area contributed by atoms with E-state index >= 15 is 0 Å². The summed E-state index contributed by atoms with van der Waals surface area (Å²) in [6.07, 6.45) is 0.107. The molecule has 1 fully saturated rings. The van der Waals surface area contributed by atoms with Gasteiger partial charge in [-0.1, -0.05) is 30.3 Å². The molecule has 0 radical (unpaired) electrons. The fourth-order valence-electron chi connectivity index (χ4n) is 1.90. The molecule has 0 amide bonds. The van der Waals surface area contributed by atoms with E-state index in [1.165, 1.54) is 5.56 Å². The largest absolute Gasteiger partial charge is 0.314 e. The molecule has 0 spiro atoms. The first-order valence-corrected chi connectivity index (χ1v) is 5.48. The van der Waals surface area contributed by atoms with Crippen molar-refractivity contribution >= 4 is 0 Å². The Morgan fingerprint density at radius 2 is 2.13 bits per heavy atom. The van der Waals surface area contributed by atoms with E-state index in [1.54, 1.807) is 0 Å². The van der Waals surface area contributed by atoms with Gasteiger partial charge in [0.2, 0.25) is 0 Å². The minimum Gasteiger partial charge on any atom is -0.314 e. The lowest BCUT2D eigenvalue weighted by molar-refractivity contribution is 0.202. The molecule has 15 heavy (non-hydrogen) atoms. The van der Waals surface area contributed by atoms with E-state index in [0.717, 1.165) is 19.5 Å². The maximum absolute atomic E-state index is 13.4. The van der Waals surface area contributed by atoms with Crippen molar-refractivity contribution in [2.24, 2.45) is 0 Å². The summed E-state index contributed by atoms with van der Waals surface area (Å²) in [5.74, 6) is 0. The Kier molecular flexibility index (Phi) is 3.69. The second kappa shape index (κ2) is 5.24. The van der Waals surface area contributed by atoms with E-state index in [9.17, 15) is 4.39 Å². The van der Waals surface area contributed by atoms with Crippen LogP contribution in [0.3, 0.4) is 0 Å². The van der Waals surface area contributed by atoms with Crippen LogP contribution in [0.25, 0.3) is 0 Å². The fourth-order valence-corrected chi connectivity index (χ4v) is 1.90. The number of alkyl halides is 1. The molecule has 2 nitrogen and oxygen atoms in total. The number of hydrogen-bond donors (Lipinski definition) is 2. The average molecular weight is 208 g/mol. The number of halogens is 1. The topological polar surface area (TPSA) is 24.1 Å². The molecule has 82 valence electrons. The van der Waals surface area contributed by atoms with Gasteiger partial charge in [0.1, 0.15) is 6.17 Å². The summed E-state index contributed by atoms with van der Waals surface area (Å²) in [5, 5.41) is 6.32. The molecule has 1 aromatic rings. The molecule has 0 saturated carbocycles. The van der Waals surface area contributed by atoms with Crippen molar-refractivity contribution in [3.63, 3.8) is 0 Å². The maximum atomic E-state index is 13.4. The molecule has 0 aromatic heterocycles. The first-order chi connectivity index (χ1) is 7.36. The van der Waals surface area contributed by atoms with Crippen LogP contribution in [-0.4, -0.2) is 25.3 Å². The Labute approximate surface area is 89.9 Å². The molecule has 1 heterocycles. The third-order valence-corrected chi connectivity index (χ3v) is 2.82. The van der Waals surface area contributed by atoms with E-state index < -0.39 is 6.17 Å². The number of rotatable bonds is 3. The third kappa shape index (κ3) is 3.01. The van der Waals surface area contributed by atoms with Crippen molar-refractivity contribution in [1.82, 2.24) is 10.6 Å². The Balaban J connectivity index is 1.82. The van der Waals surface area contributed by atoms with Crippen LogP contribution in [0.1, 0.15) is 12.0 Å². The van der Waals surface area contributed by atoms with Crippen LogP contribution in [0.2, 0.25) is 0 Å². The second-order valence-electron chi connectivity index (χ2n) is 3.98. The first-order valence-electron chi connectivity index (χ1n) is 5.48. The van der Waals surface area contributed by atoms with Gasteiger partial charge >= 0.3 is 0 Å². The summed E-state index contributed by atoms with van der Waals surface area (Å²) >= 11 is 0. The van der Waals surface area contributed by atoms with Crippen LogP contribution in [0.5, 0.6) is 0 Å². The molecule has 1 aliphatic rings. The molecule has 2 atom stereocenters. The molecule has 1 unspecified atom stereocenters. The van der Waals surface area contributed by atoms with Gasteiger partial charge in [-0.2, -0.15) is 0 Å². The van der Waals surface area contributed by atoms with Gasteiger partial charge in [0.15, 0.2) is 0 Å². The average Bonchev–Trinajstić information content (AvgIpc) is 2.29. The number of nitrogens with one attached hydrogen (secondary N) is 2. The molecular formula is C12H17FN2. The number of hydrogen-bond acceptors (Lipinski definition) is 2. The van der Waals surface area contributed by atoms with Gasteiger partial charge in [-0.3, -0.25) is 0 Å². The lowest BCUT2D eigenvalue weighted by Gasteiger charge is -2.27. The van der Waals surface area contributed by atoms with Crippen molar-refractivity contribution < 1.29 is 4.39 Å². The van der Waals surface area contributed by atoms with Crippen LogP contribution in [-0.2, 0) is 6.54 Å². The second-order valence-corrected chi connectivity index (χ2v) is 3.98. The number of piperidine rings is 1. The van der Waals surface area contributed by atoms with Crippen molar-refractivity contribution in [3.8, 4) is 0 Å². The highest BCUT2D eigenvalue weighted by atomic mass is 19.1. The van der Waals surface area contributed by atoms with Gasteiger partial charge in [0.05, 0.1) is 0 Å². The standard InChI is InChI=1S/C12H17FN2/c13-11-9-14-7-6-12(11)15-8-10-4-2-1-3-5-10/h1-5,11-12,14-15H,6-9H2/t11-,12?/m1/s1. The summed E-state index contributed by atoms with van der Waals surface area (Å²) in [6, 6.07) is 10.1. The van der Waals surface area contributed by atoms with Crippen molar-refractivity contribution in [2.75, 3.05) is 13.1 Å². The minimum absolute atomic E-state index is 0.00598. The van der Waals surface area contributed by atoms with Gasteiger partial charge in [-0.25, -0.2) is 4.39 Å². The number of benzene rings is 1. The normalized spacial score (nSPS) is 26.5. The monoisotopic (exact) mass is 208 g/mol. The quantitative estimate of drug-likeness (QED) is 0.786. The maximum Gasteiger partial charge on any atom is 0.128 e. The molecule has 1 aliphatic heterocycles. The van der Waals surface area contributed by atoms with Crippen LogP contribution in [0.15, 0.2) is 30.3 Å². The Bertz CT molecular complexity index is 289. The minimum atomic E-state index is -0.762. The lowest BCUT2D eigenvalue weighted by Crippen LogP contribution is -2.48. The van der Waals surface area contributed by atoms with E-state index in [4.69, 9.17) is 0 Å². The summed E-state index contributed by atoms with van der Waals surface area (Å²) in [6.45, 7) is 2.14. The highest BCUT2D eigenvalue weighted by molar-refractivity contribution is 5.14. The Morgan fingerprint density at radius 3 is 2.87 bits per heavy atom. The molecule has 2 N–H and O–H groups in total. The van der Waals surface area contributed by atoms with Gasteiger partial charge in [0, 0.05) is 19.1 Å². The SMILES string of the molecule is F[C@@H]1CNCCC1NCc1ccccc1. The molecule has 0 bridgehead atoms. The summed E-state index contributed by atoms with van der Waals surface area (Å²) < 4.78 is 13.4. The highest BCUT2D eigenvalue weighted by Gasteiger charge is 2.23. The lowest BCUT2D eigenvalue weighted by atomic mass is 10.0. The van der Waals surface area contributed by atoms with Crippen molar-refractivity contribution in [3.05, 3.63) is 35.9 Å². The zero-order valence-corrected chi connectivity index (χ0v) is 8.75. The van der Waals surface area contributed by atoms with Crippen molar-refractivity contribution in [2.45, 2.75) is 25.2 Å². The summed E-state index contributed by atoms with van der Waals surface area (Å²) in [5.41, 5.74) is 1.21. The van der Waals surface area contributed by atoms with E-state index in [1.807, 2.05) is 18.2 Å². The van der Waals surface area contributed by atoms with Gasteiger partial charge < -0.3 is 10.6 Å². The molecule has 1 aromatic carbocycles. The third-order valence-electron chi connectivity index (χ3n) is 2.82. The van der Waals surface area contributed by atoms with Crippen LogP contribution < -0.4 is 10.6 Å². The van der Waals surface area contributed by atoms with Crippen LogP contribution >= 0.6 is 0 Å². The summed E-state index contributed by atoms with van der Waals surface area (Å²) in [4.78, 5) is 0. The summed E-state index contributed by atoms with van der Waals surface area (Å²) in [7, 11) is 0. The fraction of sp³-hybridized carbons (Fsp3) is 0.500. The van der Waals surface area contributed by atoms with E-state index in [2.05, 4.69) is 22.8 Å². The van der Waals surface area contributed by atoms with Crippen LogP contribution in [0, 0.1) is 0 Å². The molecule has 3 heteroatoms. The van der Waals surface area contributed by atoms with E-state index in [0.29, 0.717) is 6.54 Å². The zero-order valence-electron chi connectivity index (χ0n) is 8.75. The molecule has 1 saturated heterocycles. The van der Waals surface area contributed by atoms with Crippen molar-refractivity contribution in [1.29, 1.82) is 0 Å². The zero-order chi connectivity index (χ0) is 10.5.